The summed E-state index contributed by atoms with van der Waals surface area (Å²) in [5.41, 5.74) is 17.8. The first-order valence-electron chi connectivity index (χ1n) is 40.6. The van der Waals surface area contributed by atoms with E-state index < -0.39 is 27.0 Å². The van der Waals surface area contributed by atoms with E-state index in [1.807, 2.05) is 69.4 Å². The molecular weight excluding hydrogens is 1660 g/mol. The number of piperidine rings is 4. The molecule has 4 saturated heterocycles. The fraction of sp³-hybridized carbons (Fsp3) is 0.292. The van der Waals surface area contributed by atoms with Crippen LogP contribution < -0.4 is 68.4 Å². The predicted molar refractivity (Wildman–Crippen MR) is 475 cm³/mol. The Kier molecular flexibility index (Phi) is 31.6. The lowest BCUT2D eigenvalue weighted by molar-refractivity contribution is -0.387. The third kappa shape index (κ3) is 25.3. The maximum Gasteiger partial charge on any atom is 0.410 e. The van der Waals surface area contributed by atoms with Crippen molar-refractivity contribution in [2.24, 2.45) is 5.11 Å². The number of hydrogen-bond acceptors (Lipinski definition) is 24. The van der Waals surface area contributed by atoms with E-state index in [-0.39, 0.29) is 81.2 Å². The highest BCUT2D eigenvalue weighted by Crippen LogP contribution is 2.36. The maximum atomic E-state index is 13.4. The average Bonchev–Trinajstić information content (AvgIpc) is 1.45. The number of hydrogen-bond donors (Lipinski definition) is 4. The van der Waals surface area contributed by atoms with Gasteiger partial charge in [0.2, 0.25) is 5.82 Å². The lowest BCUT2D eigenvalue weighted by Gasteiger charge is -2.33. The zero-order chi connectivity index (χ0) is 89.2. The quantitative estimate of drug-likeness (QED) is 0.00987. The number of nitro groups is 2. The second kappa shape index (κ2) is 43.7. The number of aryl methyl sites for hydroxylation is 1. The van der Waals surface area contributed by atoms with Crippen molar-refractivity contribution in [3.63, 3.8) is 0 Å². The SMILES string of the molecule is CC(C)(C)OC(=O)N1CCC(Oc2cc(-n3ccccc3=O)ccc2[N+](=O)[O-])CC1.Nc1ccc(-n2ccccc2=O)cc1OC1CCNCC1.O=C(CCc1cn(-c2ccc(-n3ccccc3=O)cc2OC2CCNCC2)nn1)c1ccc(Cl)s1.O=c1ccccn1-c1ccc([N+](=O)[O-])c(F)c1.[N-]=[N+]=Nc1ccc(-n2ccccc2=O)cc1OC1CCNCC1. The number of ketones is 1. The van der Waals surface area contributed by atoms with Crippen LogP contribution >= 0.6 is 22.9 Å². The largest absolute Gasteiger partial charge is 0.490 e. The predicted octanol–water partition coefficient (Wildman–Crippen LogP) is 13.9. The molecule has 0 spiro atoms. The van der Waals surface area contributed by atoms with Gasteiger partial charge < -0.3 is 50.3 Å². The number of ether oxygens (including phenoxy) is 5. The van der Waals surface area contributed by atoms with E-state index in [1.165, 1.54) is 85.8 Å². The molecule has 5 aromatic carbocycles. The number of likely N-dealkylation sites (tertiary alicyclic amines) is 1. The van der Waals surface area contributed by atoms with Gasteiger partial charge >= 0.3 is 17.5 Å². The summed E-state index contributed by atoms with van der Waals surface area (Å²) in [4.78, 5) is 110. The van der Waals surface area contributed by atoms with Crippen molar-refractivity contribution >= 4 is 57.6 Å². The summed E-state index contributed by atoms with van der Waals surface area (Å²) >= 11 is 7.22. The number of rotatable bonds is 21. The van der Waals surface area contributed by atoms with E-state index in [0.717, 1.165) is 101 Å². The summed E-state index contributed by atoms with van der Waals surface area (Å²) in [5.74, 6) is 0.945. The van der Waals surface area contributed by atoms with Gasteiger partial charge in [-0.3, -0.25) is 71.8 Å². The van der Waals surface area contributed by atoms with Crippen LogP contribution in [0.4, 0.5) is 31.9 Å². The van der Waals surface area contributed by atoms with Crippen LogP contribution in [0.25, 0.3) is 44.6 Å². The summed E-state index contributed by atoms with van der Waals surface area (Å²) in [5, 5.41) is 44.0. The van der Waals surface area contributed by atoms with Crippen LogP contribution in [-0.2, 0) is 11.2 Å². The third-order valence-corrected chi connectivity index (χ3v) is 21.5. The number of halogens is 2. The van der Waals surface area contributed by atoms with Crippen molar-refractivity contribution in [3.05, 3.63) is 334 Å². The second-order valence-corrected chi connectivity index (χ2v) is 31.9. The molecule has 7 aromatic heterocycles. The molecule has 12 aromatic rings. The molecule has 0 radical (unpaired) electrons. The van der Waals surface area contributed by atoms with Crippen molar-refractivity contribution < 1.29 is 47.5 Å². The Morgan fingerprint density at radius 2 is 0.944 bits per heavy atom. The van der Waals surface area contributed by atoms with Crippen LogP contribution in [0.15, 0.2) is 260 Å². The summed E-state index contributed by atoms with van der Waals surface area (Å²) in [7, 11) is 0. The monoisotopic (exact) mass is 1750 g/mol. The van der Waals surface area contributed by atoms with Gasteiger partial charge in [-0.25, -0.2) is 9.48 Å². The number of thiophene rings is 1. The summed E-state index contributed by atoms with van der Waals surface area (Å²) in [6.45, 7) is 11.8. The van der Waals surface area contributed by atoms with E-state index in [9.17, 15) is 58.2 Å². The molecule has 4 fully saturated rings. The number of amides is 1. The van der Waals surface area contributed by atoms with Gasteiger partial charge in [0, 0.05) is 147 Å². The molecule has 0 unspecified atom stereocenters. The van der Waals surface area contributed by atoms with E-state index in [2.05, 4.69) is 36.3 Å². The minimum atomic E-state index is -0.969. The third-order valence-electron chi connectivity index (χ3n) is 20.2. The van der Waals surface area contributed by atoms with Crippen molar-refractivity contribution in [3.8, 4) is 57.1 Å². The number of aromatic nitrogens is 8. The lowest BCUT2D eigenvalue weighted by atomic mass is 10.1. The smallest absolute Gasteiger partial charge is 0.410 e. The molecule has 654 valence electrons. The van der Waals surface area contributed by atoms with Gasteiger partial charge in [0.15, 0.2) is 11.5 Å². The molecule has 34 nitrogen and oxygen atoms in total. The fourth-order valence-electron chi connectivity index (χ4n) is 13.8. The normalized spacial score (nSPS) is 14.2. The summed E-state index contributed by atoms with van der Waals surface area (Å²) in [6.07, 6.45) is 17.0. The molecule has 4 aliphatic rings. The molecule has 37 heteroatoms. The molecule has 0 atom stereocenters. The van der Waals surface area contributed by atoms with E-state index >= 15 is 0 Å². The molecule has 0 saturated carbocycles. The number of azide groups is 1. The van der Waals surface area contributed by atoms with Crippen LogP contribution in [-0.4, -0.2) is 147 Å². The number of nitrogens with two attached hydrogens (primary N) is 1. The van der Waals surface area contributed by atoms with Crippen LogP contribution in [0.5, 0.6) is 23.0 Å². The van der Waals surface area contributed by atoms with Crippen LogP contribution in [0.2, 0.25) is 4.34 Å². The van der Waals surface area contributed by atoms with Crippen molar-refractivity contribution in [1.82, 2.24) is 58.7 Å². The first kappa shape index (κ1) is 91.1. The van der Waals surface area contributed by atoms with E-state index in [0.29, 0.717) is 99.4 Å². The summed E-state index contributed by atoms with van der Waals surface area (Å²) < 4.78 is 52.6. The molecule has 126 heavy (non-hydrogen) atoms. The van der Waals surface area contributed by atoms with Gasteiger partial charge in [0.1, 0.15) is 53.0 Å². The highest BCUT2D eigenvalue weighted by Gasteiger charge is 2.31. The summed E-state index contributed by atoms with van der Waals surface area (Å²) in [6, 6.07) is 51.7. The van der Waals surface area contributed by atoms with Gasteiger partial charge in [-0.1, -0.05) is 52.3 Å². The number of nitrogen functional groups attached to an aromatic ring is 1. The van der Waals surface area contributed by atoms with E-state index in [1.54, 1.807) is 128 Å². The van der Waals surface area contributed by atoms with Crippen molar-refractivity contribution in [2.45, 2.75) is 115 Å². The molecular formula is C89H92ClFN18O16S. The number of anilines is 1. The molecule has 16 rings (SSSR count). The second-order valence-electron chi connectivity index (χ2n) is 30.2. The first-order valence-corrected chi connectivity index (χ1v) is 41.8. The first-order chi connectivity index (χ1) is 60.8. The molecule has 11 heterocycles. The molecule has 0 aliphatic carbocycles. The minimum absolute atomic E-state index is 0.0315. The van der Waals surface area contributed by atoms with E-state index in [4.69, 9.17) is 46.6 Å². The maximum absolute atomic E-state index is 13.4. The standard InChI is InChI=1S/C25H24ClN5O3S.C21H25N3O6.C16H17N5O2.C16H19N3O2.C11H7FN2O3/c26-24-9-8-23(35-24)21(32)7-4-17-16-31(29-28-17)20-6-5-18(30-14-2-1-3-25(30)33)15-22(20)34-19-10-12-27-13-11-19;1-21(2,3)30-20(26)22-12-9-16(10-13-22)29-18-14-15(7-8-17(18)24(27)28)23-11-5-4-6-19(23)25;17-20-19-14-5-4-12(21-10-2-1-3-16(21)22)11-15(14)23-13-6-8-18-9-7-13;17-14-5-4-12(19-10-2-1-3-16(19)20)11-15(14)21-13-6-8-18-9-7-13;12-9-7-8(4-5-10(9)14(16)17)13-6-2-1-3-11(13)15/h1-3,5-6,8-9,14-16,19,27H,4,7,10-13H2;4-8,11,14,16H,9-10,12-13H2,1-3H3;1-5,10-11,13,18H,6-9H2;1-5,10-11,13,18H,6-9,17H2;1-7H. The molecule has 0 bridgehead atoms. The van der Waals surface area contributed by atoms with Gasteiger partial charge in [-0.2, -0.15) is 4.39 Å². The van der Waals surface area contributed by atoms with Crippen LogP contribution in [0, 0.1) is 26.0 Å². The number of carbonyl (C=O) groups is 2. The number of benzene rings is 5. The van der Waals surface area contributed by atoms with Crippen molar-refractivity contribution in [1.29, 1.82) is 0 Å². The Morgan fingerprint density at radius 1 is 0.540 bits per heavy atom. The molecule has 5 N–H and O–H groups in total. The number of nitrogens with one attached hydrogen (secondary N) is 3. The Labute approximate surface area is 729 Å². The van der Waals surface area contributed by atoms with Crippen molar-refractivity contribution in [2.75, 3.05) is 58.1 Å². The highest BCUT2D eigenvalue weighted by atomic mass is 35.5. The highest BCUT2D eigenvalue weighted by molar-refractivity contribution is 7.18. The Bertz CT molecular complexity index is 6170. The number of carbonyl (C=O) groups excluding carboxylic acids is 2. The zero-order valence-corrected chi connectivity index (χ0v) is 70.6. The van der Waals surface area contributed by atoms with Crippen LogP contribution in [0.1, 0.15) is 93.9 Å². The number of nitro benzene ring substituents is 2. The Balaban J connectivity index is 0.000000146. The minimum Gasteiger partial charge on any atom is -0.490 e. The fourth-order valence-corrected chi connectivity index (χ4v) is 14.8. The lowest BCUT2D eigenvalue weighted by Crippen LogP contribution is -2.44. The van der Waals surface area contributed by atoms with Gasteiger partial charge in [0.25, 0.3) is 27.8 Å². The van der Waals surface area contributed by atoms with Gasteiger partial charge in [0.05, 0.1) is 70.8 Å². The molecule has 1 amide bonds. The average molecular weight is 1760 g/mol. The van der Waals surface area contributed by atoms with Gasteiger partial charge in [-0.05, 0) is 195 Å². The number of nitrogens with zero attached hydrogens (tertiary/aromatic N) is 14. The Hall–Kier alpha value is -14.2. The molecule has 4 aliphatic heterocycles. The van der Waals surface area contributed by atoms with Crippen LogP contribution in [0.3, 0.4) is 0 Å². The zero-order valence-electron chi connectivity index (χ0n) is 69.0. The Morgan fingerprint density at radius 3 is 1.39 bits per heavy atom. The topological polar surface area (TPSA) is 421 Å². The number of Topliss-reactive ketones (excluding diaryl/α,β-unsaturated/α-hetero) is 1. The van der Waals surface area contributed by atoms with Gasteiger partial charge in [-0.15, -0.1) is 16.4 Å². The number of pyridine rings is 5.